The van der Waals surface area contributed by atoms with E-state index in [9.17, 15) is 0 Å². The van der Waals surface area contributed by atoms with Crippen molar-refractivity contribution in [2.24, 2.45) is 0 Å². The Balaban J connectivity index is 1.49. The van der Waals surface area contributed by atoms with E-state index in [0.29, 0.717) is 6.42 Å². The van der Waals surface area contributed by atoms with Crippen molar-refractivity contribution in [2.75, 3.05) is 0 Å². The maximum absolute atomic E-state index is 6.31. The lowest BCUT2D eigenvalue weighted by atomic mass is 10.0. The first-order chi connectivity index (χ1) is 14.7. The highest BCUT2D eigenvalue weighted by atomic mass is 16.8. The highest BCUT2D eigenvalue weighted by Crippen LogP contribution is 2.48. The van der Waals surface area contributed by atoms with Crippen molar-refractivity contribution in [3.63, 3.8) is 0 Å². The molecule has 4 nitrogen and oxygen atoms in total. The van der Waals surface area contributed by atoms with Crippen molar-refractivity contribution in [3.05, 3.63) is 46.5 Å². The van der Waals surface area contributed by atoms with Crippen molar-refractivity contribution < 1.29 is 18.9 Å². The van der Waals surface area contributed by atoms with Gasteiger partial charge >= 0.3 is 0 Å². The van der Waals surface area contributed by atoms with Crippen molar-refractivity contribution in [1.29, 1.82) is 0 Å². The molecule has 2 aliphatic rings. The molecule has 2 aromatic rings. The fourth-order valence-electron chi connectivity index (χ4n) is 4.70. The summed E-state index contributed by atoms with van der Waals surface area (Å²) in [5, 5.41) is 0. The number of hydrogen-bond acceptors (Lipinski definition) is 4. The maximum atomic E-state index is 6.31. The predicted molar refractivity (Wildman–Crippen MR) is 124 cm³/mol. The molecule has 31 heavy (non-hydrogen) atoms. The molecular weight excluding hydrogens is 388 g/mol. The summed E-state index contributed by atoms with van der Waals surface area (Å²) in [5.74, 6) is 1.56. The second-order valence-corrected chi connectivity index (χ2v) is 9.51. The molecule has 0 N–H and O–H groups in total. The van der Waals surface area contributed by atoms with Gasteiger partial charge in [0.1, 0.15) is 6.42 Å². The highest BCUT2D eigenvalue weighted by Gasteiger charge is 2.49. The Kier molecular flexibility index (Phi) is 5.85. The van der Waals surface area contributed by atoms with E-state index in [4.69, 9.17) is 18.9 Å². The lowest BCUT2D eigenvalue weighted by molar-refractivity contribution is -0.162. The lowest BCUT2D eigenvalue weighted by Crippen LogP contribution is -2.47. The Morgan fingerprint density at radius 2 is 0.968 bits per heavy atom. The van der Waals surface area contributed by atoms with Crippen LogP contribution in [-0.2, 0) is 12.8 Å². The molecule has 0 saturated carbocycles. The number of rotatable bonds is 8. The molecule has 4 rings (SSSR count). The largest absolute Gasteiger partial charge is 0.448 e. The second kappa shape index (κ2) is 8.29. The average molecular weight is 425 g/mol. The summed E-state index contributed by atoms with van der Waals surface area (Å²) in [4.78, 5) is 0. The third-order valence-electron chi connectivity index (χ3n) is 6.35. The summed E-state index contributed by atoms with van der Waals surface area (Å²) < 4.78 is 25.2. The van der Waals surface area contributed by atoms with Crippen molar-refractivity contribution >= 4 is 0 Å². The van der Waals surface area contributed by atoms with E-state index in [0.717, 1.165) is 35.8 Å². The second-order valence-electron chi connectivity index (χ2n) is 9.51. The van der Waals surface area contributed by atoms with Crippen LogP contribution in [0, 0.1) is 13.8 Å². The summed E-state index contributed by atoms with van der Waals surface area (Å²) in [6.07, 6.45) is 7.29. The molecule has 0 bridgehead atoms. The zero-order valence-corrected chi connectivity index (χ0v) is 19.9. The lowest BCUT2D eigenvalue weighted by Gasteiger charge is -2.31. The van der Waals surface area contributed by atoms with Gasteiger partial charge in [-0.3, -0.25) is 0 Å². The van der Waals surface area contributed by atoms with E-state index >= 15 is 0 Å². The summed E-state index contributed by atoms with van der Waals surface area (Å²) in [6.45, 7) is 12.6. The molecule has 0 unspecified atom stereocenters. The summed E-state index contributed by atoms with van der Waals surface area (Å²) in [5.41, 5.74) is 5.16. The number of aryl methyl sites for hydroxylation is 4. The Morgan fingerprint density at radius 1 is 0.613 bits per heavy atom. The molecule has 2 aliphatic heterocycles. The quantitative estimate of drug-likeness (QED) is 0.455. The van der Waals surface area contributed by atoms with Crippen LogP contribution in [-0.4, -0.2) is 11.6 Å². The number of benzene rings is 2. The molecule has 0 aliphatic carbocycles. The molecule has 0 saturated heterocycles. The molecule has 0 spiro atoms. The van der Waals surface area contributed by atoms with Crippen LogP contribution in [0.3, 0.4) is 0 Å². The highest BCUT2D eigenvalue weighted by molar-refractivity contribution is 5.51. The van der Waals surface area contributed by atoms with Crippen LogP contribution in [0.5, 0.6) is 23.0 Å². The fraction of sp³-hybridized carbons (Fsp3) is 0.556. The molecule has 0 amide bonds. The third kappa shape index (κ3) is 4.49. The molecule has 0 fully saturated rings. The van der Waals surface area contributed by atoms with E-state index in [1.165, 1.54) is 47.9 Å². The van der Waals surface area contributed by atoms with E-state index in [1.54, 1.807) is 0 Å². The maximum Gasteiger partial charge on any atom is 0.256 e. The monoisotopic (exact) mass is 424 g/mol. The molecule has 4 heteroatoms. The average Bonchev–Trinajstić information content (AvgIpc) is 3.17. The summed E-state index contributed by atoms with van der Waals surface area (Å²) in [7, 11) is 0. The summed E-state index contributed by atoms with van der Waals surface area (Å²) in [6, 6.07) is 8.48. The van der Waals surface area contributed by atoms with Crippen LogP contribution in [0.2, 0.25) is 0 Å². The van der Waals surface area contributed by atoms with E-state index in [1.807, 2.05) is 13.8 Å². The molecule has 2 heterocycles. The molecule has 2 atom stereocenters. The molecule has 2 aromatic carbocycles. The number of unbranched alkanes of at least 4 members (excludes halogenated alkanes) is 2. The number of ether oxygens (including phenoxy) is 4. The van der Waals surface area contributed by atoms with Gasteiger partial charge in [-0.2, -0.15) is 0 Å². The first-order valence-electron chi connectivity index (χ1n) is 11.8. The minimum absolute atomic E-state index is 0.454. The van der Waals surface area contributed by atoms with Crippen molar-refractivity contribution in [2.45, 2.75) is 98.1 Å². The zero-order chi connectivity index (χ0) is 22.2. The van der Waals surface area contributed by atoms with Crippen molar-refractivity contribution in [3.8, 4) is 23.0 Å². The van der Waals surface area contributed by atoms with Gasteiger partial charge in [-0.1, -0.05) is 26.7 Å². The van der Waals surface area contributed by atoms with Crippen LogP contribution in [0.1, 0.15) is 82.1 Å². The van der Waals surface area contributed by atoms with Gasteiger partial charge in [-0.25, -0.2) is 0 Å². The van der Waals surface area contributed by atoms with Crippen LogP contribution < -0.4 is 18.9 Å². The molecule has 0 radical (unpaired) electrons. The first kappa shape index (κ1) is 21.9. The van der Waals surface area contributed by atoms with Gasteiger partial charge in [0.2, 0.25) is 0 Å². The smallest absolute Gasteiger partial charge is 0.256 e. The molecule has 0 aromatic heterocycles. The van der Waals surface area contributed by atoms with Gasteiger partial charge in [0.25, 0.3) is 11.6 Å². The Labute approximate surface area is 186 Å². The van der Waals surface area contributed by atoms with Gasteiger partial charge < -0.3 is 18.9 Å². The van der Waals surface area contributed by atoms with Crippen LogP contribution in [0.15, 0.2) is 24.3 Å². The molecule has 168 valence electrons. The fourth-order valence-corrected chi connectivity index (χ4v) is 4.70. The first-order valence-corrected chi connectivity index (χ1v) is 11.8. The topological polar surface area (TPSA) is 36.9 Å². The van der Waals surface area contributed by atoms with Crippen LogP contribution in [0.4, 0.5) is 0 Å². The van der Waals surface area contributed by atoms with Gasteiger partial charge in [0, 0.05) is 13.8 Å². The van der Waals surface area contributed by atoms with Crippen LogP contribution in [0.25, 0.3) is 0 Å². The Morgan fingerprint density at radius 3 is 1.32 bits per heavy atom. The van der Waals surface area contributed by atoms with Gasteiger partial charge in [-0.15, -0.1) is 0 Å². The van der Waals surface area contributed by atoms with Crippen molar-refractivity contribution in [1.82, 2.24) is 0 Å². The predicted octanol–water partition coefficient (Wildman–Crippen LogP) is 7.05. The third-order valence-corrected chi connectivity index (χ3v) is 6.35. The van der Waals surface area contributed by atoms with E-state index in [-0.39, 0.29) is 0 Å². The van der Waals surface area contributed by atoms with Gasteiger partial charge in [-0.05, 0) is 86.1 Å². The van der Waals surface area contributed by atoms with E-state index < -0.39 is 11.6 Å². The molecular formula is C27H36O4. The number of fused-ring (bicyclic) bond motifs is 2. The normalized spacial score (nSPS) is 23.4. The summed E-state index contributed by atoms with van der Waals surface area (Å²) >= 11 is 0. The van der Waals surface area contributed by atoms with Gasteiger partial charge in [0.05, 0.1) is 0 Å². The van der Waals surface area contributed by atoms with E-state index in [2.05, 4.69) is 52.0 Å². The Hall–Kier alpha value is -2.36. The Bertz CT molecular complexity index is 889. The minimum atomic E-state index is -0.838. The SMILES string of the molecule is CCCCc1cc2c(cc1C)O[C@](C)(C[C@@]1(C)Oc3cc(C)c(CCCC)cc3O1)O2. The minimum Gasteiger partial charge on any atom is -0.448 e. The number of hydrogen-bond donors (Lipinski definition) is 0. The zero-order valence-electron chi connectivity index (χ0n) is 19.9. The van der Waals surface area contributed by atoms with Gasteiger partial charge in [0.15, 0.2) is 23.0 Å². The standard InChI is InChI=1S/C27H36O4/c1-7-9-11-20-15-24-22(13-18(20)3)28-26(5,30-24)17-27(6)29-23-14-19(4)21(12-10-8-2)16-25(23)31-27/h13-16H,7-12,17H2,1-6H3/t26-,27-/m0/s1. The van der Waals surface area contributed by atoms with Crippen LogP contribution >= 0.6 is 0 Å².